The fraction of sp³-hybridized carbons (Fsp3) is 0.250. The molecule has 158 valence electrons. The highest BCUT2D eigenvalue weighted by atomic mass is 19.1. The number of hydrogen-bond acceptors (Lipinski definition) is 7. The van der Waals surface area contributed by atoms with Gasteiger partial charge in [0.15, 0.2) is 5.65 Å². The van der Waals surface area contributed by atoms with Gasteiger partial charge in [-0.1, -0.05) is 12.1 Å². The Morgan fingerprint density at radius 3 is 2.90 bits per heavy atom. The largest absolute Gasteiger partial charge is 0.493 e. The number of aromatic nitrogens is 6. The lowest BCUT2D eigenvalue weighted by molar-refractivity contribution is 0.454. The standard InChI is InChI=1S/C20H19FN8O2/c1-28(10-11-3-2-4-13(21)7-11)18-25-16-12(8-15-17(30)26-20(31)24-15)9-22-29(16)19(27-18)23-14-5-6-14/h2-4,7-9,14,30H,5-6,10H2,1H3,(H2,24,26,31). The molecule has 1 saturated carbocycles. The predicted molar refractivity (Wildman–Crippen MR) is 110 cm³/mol. The first-order valence-corrected chi connectivity index (χ1v) is 9.74. The molecule has 0 bridgehead atoms. The van der Waals surface area contributed by atoms with Gasteiger partial charge in [-0.05, 0) is 36.6 Å². The lowest BCUT2D eigenvalue weighted by Crippen LogP contribution is -2.28. The van der Waals surface area contributed by atoms with E-state index in [1.54, 1.807) is 23.2 Å². The lowest BCUT2D eigenvalue weighted by atomic mass is 10.2. The first-order valence-electron chi connectivity index (χ1n) is 9.74. The molecule has 1 fully saturated rings. The van der Waals surface area contributed by atoms with E-state index in [4.69, 9.17) is 0 Å². The lowest BCUT2D eigenvalue weighted by Gasteiger charge is -2.17. The molecule has 0 saturated heterocycles. The van der Waals surface area contributed by atoms with E-state index in [9.17, 15) is 14.3 Å². The molecule has 1 aliphatic carbocycles. The van der Waals surface area contributed by atoms with Crippen molar-refractivity contribution in [2.24, 2.45) is 4.99 Å². The molecule has 10 nitrogen and oxygen atoms in total. The van der Waals surface area contributed by atoms with Crippen molar-refractivity contribution in [3.8, 4) is 5.88 Å². The number of anilines is 1. The van der Waals surface area contributed by atoms with Gasteiger partial charge in [0.05, 0.1) is 12.2 Å². The van der Waals surface area contributed by atoms with Gasteiger partial charge in [0.25, 0.3) is 5.62 Å². The van der Waals surface area contributed by atoms with Crippen molar-refractivity contribution in [2.75, 3.05) is 11.9 Å². The van der Waals surface area contributed by atoms with Crippen LogP contribution in [0.3, 0.4) is 0 Å². The smallest absolute Gasteiger partial charge is 0.326 e. The molecule has 0 unspecified atom stereocenters. The van der Waals surface area contributed by atoms with Crippen molar-refractivity contribution in [1.82, 2.24) is 29.5 Å². The number of fused-ring (bicyclic) bond motifs is 1. The fourth-order valence-corrected chi connectivity index (χ4v) is 3.22. The van der Waals surface area contributed by atoms with E-state index in [-0.39, 0.29) is 23.4 Å². The highest BCUT2D eigenvalue weighted by Crippen LogP contribution is 2.22. The van der Waals surface area contributed by atoms with Gasteiger partial charge in [-0.2, -0.15) is 19.6 Å². The quantitative estimate of drug-likeness (QED) is 0.423. The summed E-state index contributed by atoms with van der Waals surface area (Å²) in [5.41, 5.74) is 1.36. The average molecular weight is 422 g/mol. The van der Waals surface area contributed by atoms with Gasteiger partial charge in [-0.15, -0.1) is 0 Å². The van der Waals surface area contributed by atoms with Crippen LogP contribution < -0.4 is 21.4 Å². The Balaban J connectivity index is 1.63. The summed E-state index contributed by atoms with van der Waals surface area (Å²) in [4.78, 5) is 31.9. The van der Waals surface area contributed by atoms with Crippen molar-refractivity contribution >= 4 is 17.7 Å². The van der Waals surface area contributed by atoms with E-state index in [0.717, 1.165) is 18.4 Å². The summed E-state index contributed by atoms with van der Waals surface area (Å²) in [6.45, 7) is 0.399. The van der Waals surface area contributed by atoms with E-state index in [1.165, 1.54) is 16.6 Å². The molecule has 0 aliphatic heterocycles. The Hall–Kier alpha value is -4.02. The number of imidazole rings is 1. The molecule has 0 atom stereocenters. The van der Waals surface area contributed by atoms with E-state index >= 15 is 0 Å². The molecule has 5 rings (SSSR count). The van der Waals surface area contributed by atoms with Crippen LogP contribution in [0.2, 0.25) is 0 Å². The summed E-state index contributed by atoms with van der Waals surface area (Å²) in [7, 11) is 1.81. The number of H-pyrrole nitrogens is 2. The molecular formula is C20H19FN8O2. The normalized spacial score (nSPS) is 15.2. The van der Waals surface area contributed by atoms with Crippen LogP contribution in [0.4, 0.5) is 10.3 Å². The molecule has 0 radical (unpaired) electrons. The van der Waals surface area contributed by atoms with Crippen molar-refractivity contribution in [3.05, 3.63) is 68.9 Å². The van der Waals surface area contributed by atoms with Gasteiger partial charge in [-0.25, -0.2) is 14.2 Å². The van der Waals surface area contributed by atoms with Crippen molar-refractivity contribution < 1.29 is 9.50 Å². The summed E-state index contributed by atoms with van der Waals surface area (Å²) < 4.78 is 15.1. The molecule has 0 spiro atoms. The highest BCUT2D eigenvalue weighted by Gasteiger charge is 2.21. The van der Waals surface area contributed by atoms with Crippen LogP contribution in [0.25, 0.3) is 11.7 Å². The zero-order valence-corrected chi connectivity index (χ0v) is 16.6. The number of halogens is 1. The van der Waals surface area contributed by atoms with Gasteiger partial charge in [0, 0.05) is 18.8 Å². The topological polar surface area (TPSA) is 128 Å². The SMILES string of the molecule is CN(Cc1cccc(F)c1)c1nc(=NC2CC2)n2ncc(=Cc3[nH]c(=O)[nH]c3O)c2n1. The maximum Gasteiger partial charge on any atom is 0.326 e. The first kappa shape index (κ1) is 19.0. The van der Waals surface area contributed by atoms with Crippen molar-refractivity contribution in [3.63, 3.8) is 0 Å². The molecule has 0 amide bonds. The Kier molecular flexibility index (Phi) is 4.50. The molecule has 3 heterocycles. The second kappa shape index (κ2) is 7.35. The third-order valence-corrected chi connectivity index (χ3v) is 4.90. The van der Waals surface area contributed by atoms with E-state index in [2.05, 4.69) is 30.0 Å². The second-order valence-electron chi connectivity index (χ2n) is 7.49. The Bertz CT molecular complexity index is 1450. The predicted octanol–water partition coefficient (Wildman–Crippen LogP) is 0.233. The zero-order valence-electron chi connectivity index (χ0n) is 16.6. The maximum absolute atomic E-state index is 13.6. The van der Waals surface area contributed by atoms with Crippen LogP contribution in [0.5, 0.6) is 5.88 Å². The van der Waals surface area contributed by atoms with Crippen LogP contribution in [0, 0.1) is 5.82 Å². The molecule has 31 heavy (non-hydrogen) atoms. The molecule has 4 aromatic rings. The molecular weight excluding hydrogens is 403 g/mol. The number of aromatic hydroxyl groups is 1. The molecule has 3 N–H and O–H groups in total. The third kappa shape index (κ3) is 3.89. The minimum atomic E-state index is -0.519. The zero-order chi connectivity index (χ0) is 21.5. The highest BCUT2D eigenvalue weighted by molar-refractivity contribution is 5.57. The Morgan fingerprint density at radius 1 is 1.35 bits per heavy atom. The Labute approximate surface area is 174 Å². The molecule has 11 heteroatoms. The number of nitrogens with zero attached hydrogens (tertiary/aromatic N) is 6. The number of rotatable bonds is 5. The van der Waals surface area contributed by atoms with Gasteiger partial charge in [0.2, 0.25) is 11.8 Å². The number of benzene rings is 1. The van der Waals surface area contributed by atoms with Crippen molar-refractivity contribution in [1.29, 1.82) is 0 Å². The van der Waals surface area contributed by atoms with Crippen LogP contribution in [-0.2, 0) is 6.54 Å². The van der Waals surface area contributed by atoms with E-state index in [0.29, 0.717) is 29.0 Å². The average Bonchev–Trinajstić information content (AvgIpc) is 3.36. The van der Waals surface area contributed by atoms with E-state index in [1.807, 2.05) is 13.1 Å². The van der Waals surface area contributed by atoms with E-state index < -0.39 is 5.69 Å². The number of nitrogens with one attached hydrogen (secondary N) is 2. The van der Waals surface area contributed by atoms with Crippen molar-refractivity contribution in [2.45, 2.75) is 25.4 Å². The van der Waals surface area contributed by atoms with Crippen LogP contribution >= 0.6 is 0 Å². The number of hydrogen-bond donors (Lipinski definition) is 3. The first-order chi connectivity index (χ1) is 15.0. The minimum absolute atomic E-state index is 0.209. The summed E-state index contributed by atoms with van der Waals surface area (Å²) in [6, 6.07) is 6.56. The van der Waals surface area contributed by atoms with Crippen LogP contribution in [-0.4, -0.2) is 47.7 Å². The summed E-state index contributed by atoms with van der Waals surface area (Å²) in [5, 5.41) is 14.8. The molecule has 3 aromatic heterocycles. The van der Waals surface area contributed by atoms with Gasteiger partial charge in [0.1, 0.15) is 11.5 Å². The van der Waals surface area contributed by atoms with Gasteiger partial charge in [-0.3, -0.25) is 4.98 Å². The monoisotopic (exact) mass is 422 g/mol. The van der Waals surface area contributed by atoms with Gasteiger partial charge < -0.3 is 15.0 Å². The summed E-state index contributed by atoms with van der Waals surface area (Å²) in [5.74, 6) is -0.178. The molecule has 1 aliphatic rings. The second-order valence-corrected chi connectivity index (χ2v) is 7.49. The van der Waals surface area contributed by atoms with Crippen LogP contribution in [0.15, 0.2) is 40.2 Å². The maximum atomic E-state index is 13.6. The number of aromatic amines is 2. The summed E-state index contributed by atoms with van der Waals surface area (Å²) >= 11 is 0. The third-order valence-electron chi connectivity index (χ3n) is 4.90. The van der Waals surface area contributed by atoms with Gasteiger partial charge >= 0.3 is 5.69 Å². The molecule has 1 aromatic carbocycles. The minimum Gasteiger partial charge on any atom is -0.493 e. The fourth-order valence-electron chi connectivity index (χ4n) is 3.22. The van der Waals surface area contributed by atoms with Crippen LogP contribution in [0.1, 0.15) is 24.1 Å². The Morgan fingerprint density at radius 2 is 2.19 bits per heavy atom. The summed E-state index contributed by atoms with van der Waals surface area (Å²) in [6.07, 6.45) is 5.13.